The van der Waals surface area contributed by atoms with E-state index in [0.717, 1.165) is 24.7 Å². The van der Waals surface area contributed by atoms with Crippen molar-refractivity contribution < 1.29 is 4.74 Å². The highest BCUT2D eigenvalue weighted by Crippen LogP contribution is 2.36. The highest BCUT2D eigenvalue weighted by Gasteiger charge is 2.29. The van der Waals surface area contributed by atoms with E-state index in [2.05, 4.69) is 48.3 Å². The summed E-state index contributed by atoms with van der Waals surface area (Å²) in [4.78, 5) is 2.67. The van der Waals surface area contributed by atoms with Gasteiger partial charge in [0.15, 0.2) is 0 Å². The highest BCUT2D eigenvalue weighted by molar-refractivity contribution is 5.37. The fraction of sp³-hybridized carbons (Fsp3) is 0.684. The summed E-state index contributed by atoms with van der Waals surface area (Å²) in [5.41, 5.74) is 1.39. The smallest absolute Gasteiger partial charge is 0.124 e. The molecule has 1 aromatic rings. The van der Waals surface area contributed by atoms with Gasteiger partial charge in [0.05, 0.1) is 6.61 Å². The van der Waals surface area contributed by atoms with Crippen LogP contribution >= 0.6 is 0 Å². The third-order valence-electron chi connectivity index (χ3n) is 5.05. The molecule has 0 amide bonds. The Balaban J connectivity index is 1.52. The lowest BCUT2D eigenvalue weighted by Gasteiger charge is -2.40. The zero-order valence-corrected chi connectivity index (χ0v) is 14.1. The zero-order chi connectivity index (χ0) is 15.4. The number of piperidine rings is 1. The topological polar surface area (TPSA) is 24.5 Å². The SMILES string of the molecule is CC(C)CCNC1CCN(C2CCOc3ccccc32)CC1. The van der Waals surface area contributed by atoms with Gasteiger partial charge in [-0.05, 0) is 37.8 Å². The van der Waals surface area contributed by atoms with E-state index in [-0.39, 0.29) is 0 Å². The van der Waals surface area contributed by atoms with Crippen molar-refractivity contribution in [1.82, 2.24) is 10.2 Å². The van der Waals surface area contributed by atoms with Gasteiger partial charge in [-0.15, -0.1) is 0 Å². The summed E-state index contributed by atoms with van der Waals surface area (Å²) >= 11 is 0. The fourth-order valence-electron chi connectivity index (χ4n) is 3.69. The molecule has 1 atom stereocenters. The van der Waals surface area contributed by atoms with E-state index >= 15 is 0 Å². The molecule has 0 radical (unpaired) electrons. The van der Waals surface area contributed by atoms with E-state index in [1.54, 1.807) is 0 Å². The molecule has 3 rings (SSSR count). The quantitative estimate of drug-likeness (QED) is 0.899. The molecule has 2 aliphatic rings. The first kappa shape index (κ1) is 15.8. The van der Waals surface area contributed by atoms with Gasteiger partial charge >= 0.3 is 0 Å². The number of hydrogen-bond acceptors (Lipinski definition) is 3. The summed E-state index contributed by atoms with van der Waals surface area (Å²) in [6.45, 7) is 9.03. The van der Waals surface area contributed by atoms with Crippen LogP contribution in [0.4, 0.5) is 0 Å². The largest absolute Gasteiger partial charge is 0.493 e. The van der Waals surface area contributed by atoms with Crippen LogP contribution in [0.3, 0.4) is 0 Å². The molecule has 1 unspecified atom stereocenters. The predicted octanol–water partition coefficient (Wildman–Crippen LogP) is 3.61. The van der Waals surface area contributed by atoms with Gasteiger partial charge in [-0.3, -0.25) is 4.90 Å². The van der Waals surface area contributed by atoms with Crippen LogP contribution in [0.25, 0.3) is 0 Å². The second-order valence-electron chi connectivity index (χ2n) is 7.14. The number of nitrogens with one attached hydrogen (secondary N) is 1. The number of ether oxygens (including phenoxy) is 1. The van der Waals surface area contributed by atoms with E-state index in [4.69, 9.17) is 4.74 Å². The van der Waals surface area contributed by atoms with Crippen LogP contribution < -0.4 is 10.1 Å². The second kappa shape index (κ2) is 7.47. The van der Waals surface area contributed by atoms with Gasteiger partial charge in [-0.25, -0.2) is 0 Å². The minimum Gasteiger partial charge on any atom is -0.493 e. The van der Waals surface area contributed by atoms with Crippen molar-refractivity contribution >= 4 is 0 Å². The van der Waals surface area contributed by atoms with Crippen LogP contribution in [0.5, 0.6) is 5.75 Å². The number of nitrogens with zero attached hydrogens (tertiary/aromatic N) is 1. The molecule has 3 heteroatoms. The molecule has 2 heterocycles. The zero-order valence-electron chi connectivity index (χ0n) is 14.1. The molecule has 1 saturated heterocycles. The molecule has 122 valence electrons. The molecule has 1 N–H and O–H groups in total. The molecule has 22 heavy (non-hydrogen) atoms. The first-order valence-corrected chi connectivity index (χ1v) is 8.93. The Morgan fingerprint density at radius 2 is 1.95 bits per heavy atom. The van der Waals surface area contributed by atoms with Crippen molar-refractivity contribution in [2.24, 2.45) is 5.92 Å². The molecule has 0 spiro atoms. The summed E-state index contributed by atoms with van der Waals surface area (Å²) < 4.78 is 5.80. The Kier molecular flexibility index (Phi) is 5.37. The molecule has 1 fully saturated rings. The molecule has 1 aromatic carbocycles. The standard InChI is InChI=1S/C19H30N2O/c1-15(2)7-11-20-16-8-12-21(13-9-16)18-10-14-22-19-6-4-3-5-17(18)19/h3-6,15-16,18,20H,7-14H2,1-2H3. The lowest BCUT2D eigenvalue weighted by Crippen LogP contribution is -2.45. The van der Waals surface area contributed by atoms with Gasteiger partial charge in [-0.2, -0.15) is 0 Å². The van der Waals surface area contributed by atoms with Gasteiger partial charge in [-0.1, -0.05) is 32.0 Å². The summed E-state index contributed by atoms with van der Waals surface area (Å²) in [5, 5.41) is 3.74. The normalized spacial score (nSPS) is 23.3. The maximum atomic E-state index is 5.80. The third-order valence-corrected chi connectivity index (χ3v) is 5.05. The van der Waals surface area contributed by atoms with E-state index in [1.165, 1.54) is 44.5 Å². The third kappa shape index (κ3) is 3.82. The molecule has 0 aliphatic carbocycles. The number of likely N-dealkylation sites (tertiary alicyclic amines) is 1. The summed E-state index contributed by atoms with van der Waals surface area (Å²) in [6.07, 6.45) is 4.96. The van der Waals surface area contributed by atoms with Crippen LogP contribution in [-0.2, 0) is 0 Å². The first-order valence-electron chi connectivity index (χ1n) is 8.93. The van der Waals surface area contributed by atoms with Crippen molar-refractivity contribution in [3.05, 3.63) is 29.8 Å². The van der Waals surface area contributed by atoms with Gasteiger partial charge in [0.1, 0.15) is 5.75 Å². The molecular weight excluding hydrogens is 272 g/mol. The van der Waals surface area contributed by atoms with E-state index in [0.29, 0.717) is 12.1 Å². The second-order valence-corrected chi connectivity index (χ2v) is 7.14. The van der Waals surface area contributed by atoms with E-state index < -0.39 is 0 Å². The van der Waals surface area contributed by atoms with Crippen molar-refractivity contribution in [2.75, 3.05) is 26.2 Å². The minimum atomic E-state index is 0.557. The molecular formula is C19H30N2O. The van der Waals surface area contributed by atoms with Crippen molar-refractivity contribution in [2.45, 2.75) is 51.6 Å². The Morgan fingerprint density at radius 3 is 2.73 bits per heavy atom. The highest BCUT2D eigenvalue weighted by atomic mass is 16.5. The molecule has 0 aromatic heterocycles. The summed E-state index contributed by atoms with van der Waals surface area (Å²) in [7, 11) is 0. The van der Waals surface area contributed by atoms with Gasteiger partial charge in [0, 0.05) is 37.2 Å². The molecule has 0 saturated carbocycles. The first-order chi connectivity index (χ1) is 10.7. The number of rotatable bonds is 5. The van der Waals surface area contributed by atoms with Crippen LogP contribution in [0.1, 0.15) is 51.1 Å². The Bertz CT molecular complexity index is 466. The number of fused-ring (bicyclic) bond motifs is 1. The Labute approximate surface area is 135 Å². The lowest BCUT2D eigenvalue weighted by molar-refractivity contribution is 0.107. The van der Waals surface area contributed by atoms with Crippen LogP contribution in [0, 0.1) is 5.92 Å². The van der Waals surface area contributed by atoms with Gasteiger partial charge in [0.2, 0.25) is 0 Å². The number of para-hydroxylation sites is 1. The lowest BCUT2D eigenvalue weighted by atomic mass is 9.95. The van der Waals surface area contributed by atoms with E-state index in [9.17, 15) is 0 Å². The van der Waals surface area contributed by atoms with Crippen LogP contribution in [0.2, 0.25) is 0 Å². The number of hydrogen-bond donors (Lipinski definition) is 1. The number of benzene rings is 1. The van der Waals surface area contributed by atoms with E-state index in [1.807, 2.05) is 0 Å². The molecule has 2 aliphatic heterocycles. The van der Waals surface area contributed by atoms with Crippen LogP contribution in [0.15, 0.2) is 24.3 Å². The van der Waals surface area contributed by atoms with Gasteiger partial charge in [0.25, 0.3) is 0 Å². The van der Waals surface area contributed by atoms with Crippen molar-refractivity contribution in [3.63, 3.8) is 0 Å². The van der Waals surface area contributed by atoms with Crippen molar-refractivity contribution in [3.8, 4) is 5.75 Å². The summed E-state index contributed by atoms with van der Waals surface area (Å²) in [6, 6.07) is 9.84. The predicted molar refractivity (Wildman–Crippen MR) is 91.3 cm³/mol. The van der Waals surface area contributed by atoms with Crippen molar-refractivity contribution in [1.29, 1.82) is 0 Å². The Morgan fingerprint density at radius 1 is 1.18 bits per heavy atom. The van der Waals surface area contributed by atoms with Crippen LogP contribution in [-0.4, -0.2) is 37.2 Å². The summed E-state index contributed by atoms with van der Waals surface area (Å²) in [5.74, 6) is 1.89. The molecule has 3 nitrogen and oxygen atoms in total. The molecule has 0 bridgehead atoms. The average Bonchev–Trinajstić information content (AvgIpc) is 2.55. The maximum Gasteiger partial charge on any atom is 0.124 e. The Hall–Kier alpha value is -1.06. The average molecular weight is 302 g/mol. The fourth-order valence-corrected chi connectivity index (χ4v) is 3.69. The minimum absolute atomic E-state index is 0.557. The maximum absolute atomic E-state index is 5.80. The van der Waals surface area contributed by atoms with Gasteiger partial charge < -0.3 is 10.1 Å². The monoisotopic (exact) mass is 302 g/mol.